The van der Waals surface area contributed by atoms with Gasteiger partial charge in [-0.15, -0.1) is 0 Å². The number of hydrogen-bond acceptors (Lipinski definition) is 3. The fraction of sp³-hybridized carbons (Fsp3) is 0.238. The van der Waals surface area contributed by atoms with Gasteiger partial charge in [-0.25, -0.2) is 4.68 Å². The normalized spacial score (nSPS) is 14.4. The highest BCUT2D eigenvalue weighted by Gasteiger charge is 2.24. The minimum absolute atomic E-state index is 0.0504. The third kappa shape index (κ3) is 3.61. The van der Waals surface area contributed by atoms with E-state index in [-0.39, 0.29) is 5.91 Å². The number of hydrogen-bond donors (Lipinski definition) is 0. The molecule has 6 heteroatoms. The largest absolute Gasteiger partial charge is 0.378 e. The molecule has 1 aliphatic heterocycles. The van der Waals surface area contributed by atoms with Crippen LogP contribution >= 0.6 is 11.6 Å². The van der Waals surface area contributed by atoms with Crippen LogP contribution in [-0.4, -0.2) is 46.9 Å². The van der Waals surface area contributed by atoms with Gasteiger partial charge < -0.3 is 9.64 Å². The molecule has 1 aliphatic rings. The minimum Gasteiger partial charge on any atom is -0.378 e. The molecule has 2 heterocycles. The molecule has 0 atom stereocenters. The number of ether oxygens (including phenoxy) is 1. The van der Waals surface area contributed by atoms with Crippen LogP contribution in [0.1, 0.15) is 16.1 Å². The number of amides is 1. The second-order valence-corrected chi connectivity index (χ2v) is 6.96. The van der Waals surface area contributed by atoms with E-state index in [9.17, 15) is 4.79 Å². The lowest BCUT2D eigenvalue weighted by molar-refractivity contribution is 0.0297. The summed E-state index contributed by atoms with van der Waals surface area (Å²) in [7, 11) is 0. The standard InChI is InChI=1S/C21H20ClN3O2/c1-15-5-4-6-16(13-15)25-20(21(26)24-9-11-27-12-10-24)14-19(23-25)17-7-2-3-8-18(17)22/h2-8,13-14H,9-12H2,1H3. The van der Waals surface area contributed by atoms with Crippen molar-refractivity contribution in [2.45, 2.75) is 6.92 Å². The van der Waals surface area contributed by atoms with Gasteiger partial charge in [0.05, 0.1) is 29.6 Å². The monoisotopic (exact) mass is 381 g/mol. The van der Waals surface area contributed by atoms with Crippen molar-refractivity contribution in [1.29, 1.82) is 0 Å². The highest BCUT2D eigenvalue weighted by molar-refractivity contribution is 6.33. The number of benzene rings is 2. The molecule has 0 N–H and O–H groups in total. The number of carbonyl (C=O) groups excluding carboxylic acids is 1. The van der Waals surface area contributed by atoms with Crippen LogP contribution < -0.4 is 0 Å². The quantitative estimate of drug-likeness (QED) is 0.689. The summed E-state index contributed by atoms with van der Waals surface area (Å²) in [6, 6.07) is 17.3. The smallest absolute Gasteiger partial charge is 0.272 e. The van der Waals surface area contributed by atoms with E-state index in [2.05, 4.69) is 0 Å². The SMILES string of the molecule is Cc1cccc(-n2nc(-c3ccccc3Cl)cc2C(=O)N2CCOCC2)c1. The van der Waals surface area contributed by atoms with Crippen molar-refractivity contribution in [1.82, 2.24) is 14.7 Å². The molecule has 0 unspecified atom stereocenters. The number of rotatable bonds is 3. The van der Waals surface area contributed by atoms with Crippen molar-refractivity contribution in [3.63, 3.8) is 0 Å². The van der Waals surface area contributed by atoms with Crippen molar-refractivity contribution in [2.75, 3.05) is 26.3 Å². The van der Waals surface area contributed by atoms with Gasteiger partial charge in [0.15, 0.2) is 0 Å². The van der Waals surface area contributed by atoms with Crippen LogP contribution in [0.4, 0.5) is 0 Å². The molecular formula is C21H20ClN3O2. The first kappa shape index (κ1) is 17.8. The number of aryl methyl sites for hydroxylation is 1. The van der Waals surface area contributed by atoms with Gasteiger partial charge in [-0.1, -0.05) is 41.9 Å². The van der Waals surface area contributed by atoms with E-state index in [0.29, 0.717) is 42.7 Å². The van der Waals surface area contributed by atoms with Crippen LogP contribution in [-0.2, 0) is 4.74 Å². The summed E-state index contributed by atoms with van der Waals surface area (Å²) in [5, 5.41) is 5.33. The fourth-order valence-corrected chi connectivity index (χ4v) is 3.45. The van der Waals surface area contributed by atoms with E-state index in [0.717, 1.165) is 16.8 Å². The van der Waals surface area contributed by atoms with Crippen molar-refractivity contribution >= 4 is 17.5 Å². The van der Waals surface area contributed by atoms with Gasteiger partial charge in [0.25, 0.3) is 5.91 Å². The van der Waals surface area contributed by atoms with Crippen molar-refractivity contribution < 1.29 is 9.53 Å². The zero-order valence-electron chi connectivity index (χ0n) is 15.1. The fourth-order valence-electron chi connectivity index (χ4n) is 3.22. The Hall–Kier alpha value is -2.63. The maximum Gasteiger partial charge on any atom is 0.272 e. The topological polar surface area (TPSA) is 47.4 Å². The Labute approximate surface area is 163 Å². The molecule has 5 nitrogen and oxygen atoms in total. The van der Waals surface area contributed by atoms with Crippen molar-refractivity contribution in [3.05, 3.63) is 70.9 Å². The maximum atomic E-state index is 13.2. The molecule has 0 aliphatic carbocycles. The molecule has 0 bridgehead atoms. The summed E-state index contributed by atoms with van der Waals surface area (Å²) in [5.41, 5.74) is 3.97. The maximum absolute atomic E-state index is 13.2. The number of nitrogens with zero attached hydrogens (tertiary/aromatic N) is 3. The lowest BCUT2D eigenvalue weighted by atomic mass is 10.1. The van der Waals surface area contributed by atoms with E-state index >= 15 is 0 Å². The molecule has 1 aromatic heterocycles. The molecule has 1 amide bonds. The Morgan fingerprint density at radius 3 is 2.59 bits per heavy atom. The number of carbonyl (C=O) groups is 1. The zero-order valence-corrected chi connectivity index (χ0v) is 15.8. The third-order valence-corrected chi connectivity index (χ3v) is 4.95. The van der Waals surface area contributed by atoms with Crippen molar-refractivity contribution in [2.24, 2.45) is 0 Å². The number of morpholine rings is 1. The minimum atomic E-state index is -0.0504. The summed E-state index contributed by atoms with van der Waals surface area (Å²) >= 11 is 6.36. The molecular weight excluding hydrogens is 362 g/mol. The lowest BCUT2D eigenvalue weighted by Crippen LogP contribution is -2.41. The Morgan fingerprint density at radius 1 is 1.07 bits per heavy atom. The van der Waals surface area contributed by atoms with Gasteiger partial charge >= 0.3 is 0 Å². The predicted molar refractivity (Wildman–Crippen MR) is 105 cm³/mol. The number of aromatic nitrogens is 2. The van der Waals surface area contributed by atoms with Crippen LogP contribution in [0.3, 0.4) is 0 Å². The molecule has 1 fully saturated rings. The molecule has 0 saturated carbocycles. The van der Waals surface area contributed by atoms with Crippen LogP contribution in [0, 0.1) is 6.92 Å². The van der Waals surface area contributed by atoms with Gasteiger partial charge in [-0.2, -0.15) is 5.10 Å². The van der Waals surface area contributed by atoms with Gasteiger partial charge in [0, 0.05) is 18.7 Å². The average Bonchev–Trinajstić information content (AvgIpc) is 3.13. The molecule has 2 aromatic carbocycles. The predicted octanol–water partition coefficient (Wildman–Crippen LogP) is 3.97. The summed E-state index contributed by atoms with van der Waals surface area (Å²) in [5.74, 6) is -0.0504. The highest BCUT2D eigenvalue weighted by Crippen LogP contribution is 2.29. The first-order valence-electron chi connectivity index (χ1n) is 8.92. The Kier molecular flexibility index (Phi) is 4.97. The van der Waals surface area contributed by atoms with Crippen LogP contribution in [0.2, 0.25) is 5.02 Å². The molecule has 3 aromatic rings. The van der Waals surface area contributed by atoms with Gasteiger partial charge in [-0.05, 0) is 36.8 Å². The Balaban J connectivity index is 1.82. The van der Waals surface area contributed by atoms with Gasteiger partial charge in [0.1, 0.15) is 5.69 Å². The molecule has 27 heavy (non-hydrogen) atoms. The lowest BCUT2D eigenvalue weighted by Gasteiger charge is -2.26. The van der Waals surface area contributed by atoms with E-state index in [1.165, 1.54) is 0 Å². The van der Waals surface area contributed by atoms with Gasteiger partial charge in [0.2, 0.25) is 0 Å². The van der Waals surface area contributed by atoms with Crippen molar-refractivity contribution in [3.8, 4) is 16.9 Å². The Bertz CT molecular complexity index is 977. The van der Waals surface area contributed by atoms with E-state index in [4.69, 9.17) is 21.4 Å². The third-order valence-electron chi connectivity index (χ3n) is 4.62. The summed E-state index contributed by atoms with van der Waals surface area (Å²) < 4.78 is 7.08. The highest BCUT2D eigenvalue weighted by atomic mass is 35.5. The van der Waals surface area contributed by atoms with Gasteiger partial charge in [-0.3, -0.25) is 4.79 Å². The molecule has 138 valence electrons. The first-order chi connectivity index (χ1) is 13.1. The van der Waals surface area contributed by atoms with Crippen LogP contribution in [0.15, 0.2) is 54.6 Å². The van der Waals surface area contributed by atoms with Crippen LogP contribution in [0.25, 0.3) is 16.9 Å². The first-order valence-corrected chi connectivity index (χ1v) is 9.30. The molecule has 0 spiro atoms. The average molecular weight is 382 g/mol. The Morgan fingerprint density at radius 2 is 1.85 bits per heavy atom. The summed E-state index contributed by atoms with van der Waals surface area (Å²) in [4.78, 5) is 15.0. The molecule has 1 saturated heterocycles. The molecule has 4 rings (SSSR count). The summed E-state index contributed by atoms with van der Waals surface area (Å²) in [6.07, 6.45) is 0. The van der Waals surface area contributed by atoms with E-state index < -0.39 is 0 Å². The van der Waals surface area contributed by atoms with E-state index in [1.54, 1.807) is 4.68 Å². The second-order valence-electron chi connectivity index (χ2n) is 6.55. The van der Waals surface area contributed by atoms with E-state index in [1.807, 2.05) is 66.4 Å². The number of halogens is 1. The van der Waals surface area contributed by atoms with Crippen LogP contribution in [0.5, 0.6) is 0 Å². The summed E-state index contributed by atoms with van der Waals surface area (Å²) in [6.45, 7) is 4.30. The second kappa shape index (κ2) is 7.55. The zero-order chi connectivity index (χ0) is 18.8. The molecule has 0 radical (unpaired) electrons.